The number of piperidine rings is 1. The van der Waals surface area contributed by atoms with Gasteiger partial charge in [-0.2, -0.15) is 0 Å². The summed E-state index contributed by atoms with van der Waals surface area (Å²) in [6.45, 7) is 1.16. The summed E-state index contributed by atoms with van der Waals surface area (Å²) in [5, 5.41) is 9.61. The zero-order chi connectivity index (χ0) is 13.8. The third-order valence-electron chi connectivity index (χ3n) is 3.42. The number of amides is 2. The maximum Gasteiger partial charge on any atom is 0.257 e. The zero-order valence-electron chi connectivity index (χ0n) is 10.6. The number of rotatable bonds is 3. The summed E-state index contributed by atoms with van der Waals surface area (Å²) in [7, 11) is 0. The van der Waals surface area contributed by atoms with Crippen molar-refractivity contribution in [1.29, 1.82) is 0 Å². The second kappa shape index (κ2) is 5.69. The van der Waals surface area contributed by atoms with E-state index in [-0.39, 0.29) is 29.0 Å². The van der Waals surface area contributed by atoms with Crippen molar-refractivity contribution in [2.45, 2.75) is 19.3 Å². The molecule has 0 aliphatic carbocycles. The largest absolute Gasteiger partial charge is 0.505 e. The molecule has 2 amide bonds. The molecule has 1 aromatic heterocycles. The van der Waals surface area contributed by atoms with E-state index in [1.807, 2.05) is 0 Å². The minimum absolute atomic E-state index is 0.105. The van der Waals surface area contributed by atoms with Crippen molar-refractivity contribution in [2.75, 3.05) is 13.1 Å². The van der Waals surface area contributed by atoms with E-state index >= 15 is 0 Å². The van der Waals surface area contributed by atoms with Crippen LogP contribution in [-0.4, -0.2) is 39.9 Å². The minimum atomic E-state index is -0.295. The lowest BCUT2D eigenvalue weighted by Crippen LogP contribution is -2.39. The molecule has 0 aromatic carbocycles. The number of primary amides is 1. The first kappa shape index (κ1) is 13.3. The molecule has 6 nitrogen and oxygen atoms in total. The van der Waals surface area contributed by atoms with Crippen LogP contribution >= 0.6 is 0 Å². The van der Waals surface area contributed by atoms with E-state index in [1.54, 1.807) is 4.90 Å². The fourth-order valence-electron chi connectivity index (χ4n) is 2.36. The molecule has 1 aromatic rings. The molecule has 0 radical (unpaired) electrons. The van der Waals surface area contributed by atoms with Crippen molar-refractivity contribution in [3.63, 3.8) is 0 Å². The van der Waals surface area contributed by atoms with E-state index in [2.05, 4.69) is 4.98 Å². The molecule has 1 aliphatic rings. The molecule has 1 aliphatic heterocycles. The van der Waals surface area contributed by atoms with Gasteiger partial charge in [-0.15, -0.1) is 0 Å². The summed E-state index contributed by atoms with van der Waals surface area (Å²) in [5.41, 5.74) is 5.44. The highest BCUT2D eigenvalue weighted by Crippen LogP contribution is 2.23. The normalized spacial score (nSPS) is 16.3. The quantitative estimate of drug-likeness (QED) is 0.830. The van der Waals surface area contributed by atoms with E-state index < -0.39 is 0 Å². The van der Waals surface area contributed by atoms with Crippen molar-refractivity contribution >= 4 is 11.8 Å². The molecular weight excluding hydrogens is 246 g/mol. The number of likely N-dealkylation sites (tertiary alicyclic amines) is 1. The van der Waals surface area contributed by atoms with Gasteiger partial charge in [-0.05, 0) is 24.8 Å². The van der Waals surface area contributed by atoms with Gasteiger partial charge in [-0.3, -0.25) is 14.6 Å². The van der Waals surface area contributed by atoms with Crippen LogP contribution < -0.4 is 5.73 Å². The number of carbonyl (C=O) groups excluding carboxylic acids is 2. The monoisotopic (exact) mass is 263 g/mol. The third-order valence-corrected chi connectivity index (χ3v) is 3.42. The molecule has 1 fully saturated rings. The third kappa shape index (κ3) is 3.21. The number of hydrogen-bond acceptors (Lipinski definition) is 4. The Labute approximate surface area is 111 Å². The first-order valence-corrected chi connectivity index (χ1v) is 6.28. The van der Waals surface area contributed by atoms with E-state index in [0.29, 0.717) is 19.5 Å². The Morgan fingerprint density at radius 1 is 1.42 bits per heavy atom. The second-order valence-corrected chi connectivity index (χ2v) is 4.80. The molecule has 3 N–H and O–H groups in total. The topological polar surface area (TPSA) is 96.5 Å². The molecule has 0 saturated carbocycles. The number of carbonyl (C=O) groups is 2. The summed E-state index contributed by atoms with van der Waals surface area (Å²) < 4.78 is 0. The Morgan fingerprint density at radius 2 is 2.11 bits per heavy atom. The predicted octanol–water partition coefficient (Wildman–Crippen LogP) is 0.515. The highest BCUT2D eigenvalue weighted by Gasteiger charge is 2.25. The number of pyridine rings is 1. The van der Waals surface area contributed by atoms with Gasteiger partial charge in [0.25, 0.3) is 5.91 Å². The molecule has 0 spiro atoms. The average molecular weight is 263 g/mol. The molecule has 2 heterocycles. The van der Waals surface area contributed by atoms with E-state index in [1.165, 1.54) is 18.5 Å². The van der Waals surface area contributed by atoms with Crippen molar-refractivity contribution in [1.82, 2.24) is 9.88 Å². The highest BCUT2D eigenvalue weighted by atomic mass is 16.3. The van der Waals surface area contributed by atoms with Gasteiger partial charge in [0.05, 0.1) is 11.8 Å². The Morgan fingerprint density at radius 3 is 2.68 bits per heavy atom. The van der Waals surface area contributed by atoms with Gasteiger partial charge in [-0.1, -0.05) is 0 Å². The van der Waals surface area contributed by atoms with E-state index in [0.717, 1.165) is 12.8 Å². The van der Waals surface area contributed by atoms with E-state index in [9.17, 15) is 14.7 Å². The van der Waals surface area contributed by atoms with Crippen LogP contribution in [0.3, 0.4) is 0 Å². The maximum atomic E-state index is 12.2. The fourth-order valence-corrected chi connectivity index (χ4v) is 2.36. The van der Waals surface area contributed by atoms with Crippen LogP contribution in [0.25, 0.3) is 0 Å². The van der Waals surface area contributed by atoms with Crippen LogP contribution in [0.1, 0.15) is 29.6 Å². The van der Waals surface area contributed by atoms with Crippen LogP contribution in [-0.2, 0) is 4.79 Å². The number of hydrogen-bond donors (Lipinski definition) is 2. The summed E-state index contributed by atoms with van der Waals surface area (Å²) in [4.78, 5) is 28.5. The molecule has 19 heavy (non-hydrogen) atoms. The molecule has 102 valence electrons. The smallest absolute Gasteiger partial charge is 0.257 e. The lowest BCUT2D eigenvalue weighted by molar-refractivity contribution is -0.119. The molecule has 0 unspecified atom stereocenters. The Bertz CT molecular complexity index is 482. The number of aromatic nitrogens is 1. The van der Waals surface area contributed by atoms with Gasteiger partial charge < -0.3 is 15.7 Å². The Hall–Kier alpha value is -2.11. The van der Waals surface area contributed by atoms with Crippen LogP contribution in [0.5, 0.6) is 5.75 Å². The Kier molecular flexibility index (Phi) is 3.99. The molecule has 0 atom stereocenters. The van der Waals surface area contributed by atoms with Crippen LogP contribution in [0.15, 0.2) is 18.5 Å². The van der Waals surface area contributed by atoms with Crippen LogP contribution in [0, 0.1) is 5.92 Å². The van der Waals surface area contributed by atoms with E-state index in [4.69, 9.17) is 5.73 Å². The Balaban J connectivity index is 1.96. The standard InChI is InChI=1S/C13H17N3O3/c14-12(18)7-9-2-5-16(6-3-9)13(19)10-1-4-15-8-11(10)17/h1,4,8-9,17H,2-3,5-7H2,(H2,14,18). The predicted molar refractivity (Wildman–Crippen MR) is 68.3 cm³/mol. The first-order chi connectivity index (χ1) is 9.08. The molecular formula is C13H17N3O3. The second-order valence-electron chi connectivity index (χ2n) is 4.80. The lowest BCUT2D eigenvalue weighted by Gasteiger charge is -2.31. The van der Waals surface area contributed by atoms with Gasteiger partial charge >= 0.3 is 0 Å². The summed E-state index contributed by atoms with van der Waals surface area (Å²) in [5.74, 6) is -0.340. The first-order valence-electron chi connectivity index (χ1n) is 6.28. The lowest BCUT2D eigenvalue weighted by atomic mass is 9.93. The van der Waals surface area contributed by atoms with Crippen molar-refractivity contribution in [2.24, 2.45) is 11.7 Å². The number of nitrogens with zero attached hydrogens (tertiary/aromatic N) is 2. The summed E-state index contributed by atoms with van der Waals surface area (Å²) in [6.07, 6.45) is 4.64. The summed E-state index contributed by atoms with van der Waals surface area (Å²) in [6, 6.07) is 1.51. The van der Waals surface area contributed by atoms with Gasteiger partial charge in [0.1, 0.15) is 5.75 Å². The molecule has 0 bridgehead atoms. The average Bonchev–Trinajstić information content (AvgIpc) is 2.39. The maximum absolute atomic E-state index is 12.2. The van der Waals surface area contributed by atoms with Crippen LogP contribution in [0.2, 0.25) is 0 Å². The van der Waals surface area contributed by atoms with Gasteiger partial charge in [0, 0.05) is 25.7 Å². The van der Waals surface area contributed by atoms with Gasteiger partial charge in [0.15, 0.2) is 0 Å². The van der Waals surface area contributed by atoms with Gasteiger partial charge in [-0.25, -0.2) is 0 Å². The zero-order valence-corrected chi connectivity index (χ0v) is 10.6. The molecule has 1 saturated heterocycles. The fraction of sp³-hybridized carbons (Fsp3) is 0.462. The SMILES string of the molecule is NC(=O)CC1CCN(C(=O)c2ccncc2O)CC1. The minimum Gasteiger partial charge on any atom is -0.505 e. The van der Waals surface area contributed by atoms with Crippen molar-refractivity contribution < 1.29 is 14.7 Å². The summed E-state index contributed by atoms with van der Waals surface area (Å²) >= 11 is 0. The van der Waals surface area contributed by atoms with Crippen molar-refractivity contribution in [3.8, 4) is 5.75 Å². The van der Waals surface area contributed by atoms with Crippen molar-refractivity contribution in [3.05, 3.63) is 24.0 Å². The van der Waals surface area contributed by atoms with Gasteiger partial charge in [0.2, 0.25) is 5.91 Å². The number of aromatic hydroxyl groups is 1. The molecule has 6 heteroatoms. The number of nitrogens with two attached hydrogens (primary N) is 1. The highest BCUT2D eigenvalue weighted by molar-refractivity contribution is 5.96. The van der Waals surface area contributed by atoms with Crippen LogP contribution in [0.4, 0.5) is 0 Å². The molecule has 2 rings (SSSR count).